The number of hydrogen-bond donors (Lipinski definition) is 0. The lowest BCUT2D eigenvalue weighted by Gasteiger charge is -2.18. The minimum absolute atomic E-state index is 0.925. The molecule has 0 heteroatoms. The molecule has 2 aromatic carbocycles. The summed E-state index contributed by atoms with van der Waals surface area (Å²) in [6, 6.07) is 20.2. The van der Waals surface area contributed by atoms with E-state index in [9.17, 15) is 0 Å². The second-order valence-electron chi connectivity index (χ2n) is 7.61. The molecule has 0 amide bonds. The average molecular weight is 355 g/mol. The van der Waals surface area contributed by atoms with Crippen LogP contribution in [0, 0.1) is 23.7 Å². The number of hydrogen-bond acceptors (Lipinski definition) is 0. The van der Waals surface area contributed by atoms with Crippen LogP contribution in [0.2, 0.25) is 0 Å². The summed E-state index contributed by atoms with van der Waals surface area (Å²) >= 11 is 0. The lowest BCUT2D eigenvalue weighted by Crippen LogP contribution is -2.12. The Kier molecular flexibility index (Phi) is 6.65. The SMILES string of the molecule is C1=CC2C3C=CC(C3)C2C1.C=C(C)c1ccccc1.C=Cc1ccccc1. The zero-order valence-electron chi connectivity index (χ0n) is 16.3. The Balaban J connectivity index is 0.000000118. The van der Waals surface area contributed by atoms with Crippen molar-refractivity contribution in [1.29, 1.82) is 0 Å². The quantitative estimate of drug-likeness (QED) is 0.492. The maximum Gasteiger partial charge on any atom is -0.0133 e. The van der Waals surface area contributed by atoms with Crippen LogP contribution in [0.4, 0.5) is 0 Å². The smallest absolute Gasteiger partial charge is 0.0133 e. The molecule has 0 nitrogen and oxygen atoms in total. The maximum absolute atomic E-state index is 3.83. The Hall–Kier alpha value is -2.60. The second kappa shape index (κ2) is 9.37. The molecular weight excluding hydrogens is 324 g/mol. The fourth-order valence-electron chi connectivity index (χ4n) is 4.28. The predicted molar refractivity (Wildman–Crippen MR) is 119 cm³/mol. The minimum Gasteiger partial charge on any atom is -0.0985 e. The van der Waals surface area contributed by atoms with Gasteiger partial charge in [0.15, 0.2) is 0 Å². The van der Waals surface area contributed by atoms with Crippen LogP contribution in [0.5, 0.6) is 0 Å². The van der Waals surface area contributed by atoms with E-state index in [4.69, 9.17) is 0 Å². The van der Waals surface area contributed by atoms with E-state index in [1.54, 1.807) is 0 Å². The topological polar surface area (TPSA) is 0 Å². The molecule has 2 bridgehead atoms. The van der Waals surface area contributed by atoms with E-state index in [2.05, 4.69) is 49.6 Å². The van der Waals surface area contributed by atoms with Crippen molar-refractivity contribution in [1.82, 2.24) is 0 Å². The fourth-order valence-corrected chi connectivity index (χ4v) is 4.28. The second-order valence-corrected chi connectivity index (χ2v) is 7.61. The summed E-state index contributed by atoms with van der Waals surface area (Å²) in [5.41, 5.74) is 3.51. The van der Waals surface area contributed by atoms with Crippen molar-refractivity contribution >= 4 is 11.6 Å². The van der Waals surface area contributed by atoms with Crippen molar-refractivity contribution in [2.24, 2.45) is 23.7 Å². The molecule has 3 aliphatic rings. The van der Waals surface area contributed by atoms with Crippen LogP contribution in [0.1, 0.15) is 30.9 Å². The van der Waals surface area contributed by atoms with Gasteiger partial charge >= 0.3 is 0 Å². The van der Waals surface area contributed by atoms with Gasteiger partial charge in [-0.3, -0.25) is 0 Å². The summed E-state index contributed by atoms with van der Waals surface area (Å²) in [4.78, 5) is 0. The monoisotopic (exact) mass is 354 g/mol. The standard InChI is InChI=1S/C10H12.C9H10.C8H8/c1-2-9-7-4-5-8(6-7)10(9)3-1;1-8(2)9-6-4-3-5-7-9;1-2-8-6-4-3-5-7-8/h1-2,4-5,7-10H,3,6H2;3-7H,1H2,2H3;2-7H,1H2. The zero-order valence-corrected chi connectivity index (χ0v) is 16.3. The lowest BCUT2D eigenvalue weighted by atomic mass is 9.86. The van der Waals surface area contributed by atoms with Gasteiger partial charge in [0.2, 0.25) is 0 Å². The number of rotatable bonds is 2. The first-order chi connectivity index (χ1) is 13.2. The minimum atomic E-state index is 0.925. The zero-order chi connectivity index (χ0) is 19.1. The van der Waals surface area contributed by atoms with Crippen LogP contribution in [0.15, 0.2) is 98.1 Å². The molecule has 138 valence electrons. The number of allylic oxidation sites excluding steroid dienone is 5. The van der Waals surface area contributed by atoms with Gasteiger partial charge in [-0.05, 0) is 54.6 Å². The van der Waals surface area contributed by atoms with Gasteiger partial charge in [0.05, 0.1) is 0 Å². The van der Waals surface area contributed by atoms with Crippen LogP contribution in [-0.4, -0.2) is 0 Å². The van der Waals surface area contributed by atoms with Gasteiger partial charge in [-0.15, -0.1) is 0 Å². The summed E-state index contributed by atoms with van der Waals surface area (Å²) in [7, 11) is 0. The summed E-state index contributed by atoms with van der Waals surface area (Å²) in [6.07, 6.45) is 14.3. The molecule has 0 spiro atoms. The van der Waals surface area contributed by atoms with E-state index >= 15 is 0 Å². The average Bonchev–Trinajstić information content (AvgIpc) is 3.45. The van der Waals surface area contributed by atoms with Gasteiger partial charge in [-0.2, -0.15) is 0 Å². The molecule has 0 aliphatic heterocycles. The molecule has 27 heavy (non-hydrogen) atoms. The van der Waals surface area contributed by atoms with E-state index in [-0.39, 0.29) is 0 Å². The van der Waals surface area contributed by atoms with Crippen molar-refractivity contribution in [2.75, 3.05) is 0 Å². The fraction of sp³-hybridized carbons (Fsp3) is 0.259. The molecule has 5 rings (SSSR count). The highest BCUT2D eigenvalue weighted by Gasteiger charge is 2.44. The van der Waals surface area contributed by atoms with E-state index in [1.807, 2.05) is 61.5 Å². The van der Waals surface area contributed by atoms with Gasteiger partial charge in [0, 0.05) is 0 Å². The third-order valence-electron chi connectivity index (χ3n) is 5.76. The Labute approximate surface area is 164 Å². The molecule has 3 aliphatic carbocycles. The van der Waals surface area contributed by atoms with E-state index in [0.29, 0.717) is 0 Å². The van der Waals surface area contributed by atoms with Crippen LogP contribution >= 0.6 is 0 Å². The molecule has 0 radical (unpaired) electrons. The molecule has 0 saturated heterocycles. The summed E-state index contributed by atoms with van der Waals surface area (Å²) in [5, 5.41) is 0. The predicted octanol–water partition coefficient (Wildman–Crippen LogP) is 7.43. The van der Waals surface area contributed by atoms with Gasteiger partial charge in [0.1, 0.15) is 0 Å². The number of fused-ring (bicyclic) bond motifs is 5. The van der Waals surface area contributed by atoms with Crippen molar-refractivity contribution < 1.29 is 0 Å². The Bertz CT molecular complexity index is 794. The summed E-state index contributed by atoms with van der Waals surface area (Å²) in [6.45, 7) is 9.47. The Morgan fingerprint density at radius 3 is 2.04 bits per heavy atom. The first-order valence-electron chi connectivity index (χ1n) is 9.92. The Morgan fingerprint density at radius 1 is 0.889 bits per heavy atom. The van der Waals surface area contributed by atoms with Crippen molar-refractivity contribution in [3.63, 3.8) is 0 Å². The Morgan fingerprint density at radius 2 is 1.52 bits per heavy atom. The number of benzene rings is 2. The van der Waals surface area contributed by atoms with E-state index in [0.717, 1.165) is 29.2 Å². The van der Waals surface area contributed by atoms with Crippen molar-refractivity contribution in [3.8, 4) is 0 Å². The van der Waals surface area contributed by atoms with Gasteiger partial charge in [-0.1, -0.05) is 110 Å². The first-order valence-corrected chi connectivity index (χ1v) is 9.92. The van der Waals surface area contributed by atoms with Crippen LogP contribution < -0.4 is 0 Å². The first kappa shape index (κ1) is 19.2. The molecule has 1 saturated carbocycles. The molecule has 4 atom stereocenters. The summed E-state index contributed by atoms with van der Waals surface area (Å²) < 4.78 is 0. The molecule has 0 N–H and O–H groups in total. The van der Waals surface area contributed by atoms with Crippen molar-refractivity contribution in [3.05, 3.63) is 109 Å². The maximum atomic E-state index is 3.83. The van der Waals surface area contributed by atoms with Crippen molar-refractivity contribution in [2.45, 2.75) is 19.8 Å². The van der Waals surface area contributed by atoms with Crippen LogP contribution in [0.25, 0.3) is 11.6 Å². The van der Waals surface area contributed by atoms with E-state index in [1.165, 1.54) is 24.0 Å². The van der Waals surface area contributed by atoms with Gasteiger partial charge in [0.25, 0.3) is 0 Å². The molecule has 0 aromatic heterocycles. The highest BCUT2D eigenvalue weighted by Crippen LogP contribution is 2.52. The van der Waals surface area contributed by atoms with Crippen LogP contribution in [0.3, 0.4) is 0 Å². The molecule has 2 aromatic rings. The largest absolute Gasteiger partial charge is 0.0985 e. The van der Waals surface area contributed by atoms with Gasteiger partial charge in [-0.25, -0.2) is 0 Å². The highest BCUT2D eigenvalue weighted by molar-refractivity contribution is 5.60. The third-order valence-corrected chi connectivity index (χ3v) is 5.76. The normalized spacial score (nSPS) is 25.7. The molecule has 1 fully saturated rings. The third kappa shape index (κ3) is 4.98. The van der Waals surface area contributed by atoms with Crippen LogP contribution in [-0.2, 0) is 0 Å². The molecular formula is C27H30. The lowest BCUT2D eigenvalue weighted by molar-refractivity contribution is 0.398. The molecule has 4 unspecified atom stereocenters. The highest BCUT2D eigenvalue weighted by atomic mass is 14.5. The van der Waals surface area contributed by atoms with Gasteiger partial charge < -0.3 is 0 Å². The summed E-state index contributed by atoms with van der Waals surface area (Å²) in [5.74, 6) is 3.82. The van der Waals surface area contributed by atoms with E-state index < -0.39 is 0 Å². The molecule has 0 heterocycles.